The van der Waals surface area contributed by atoms with Gasteiger partial charge in [-0.15, -0.1) is 5.10 Å². The van der Waals surface area contributed by atoms with Crippen LogP contribution in [0.4, 0.5) is 14.9 Å². The number of rotatable bonds is 7. The smallest absolute Gasteiger partial charge is 0.420 e. The summed E-state index contributed by atoms with van der Waals surface area (Å²) >= 11 is 2.27. The first-order valence-corrected chi connectivity index (χ1v) is 25.3. The Morgan fingerprint density at radius 2 is 1.28 bits per heavy atom. The van der Waals surface area contributed by atoms with Crippen LogP contribution in [0.3, 0.4) is 0 Å². The molecule has 374 valence electrons. The SMILES string of the molecule is CC(c1ccc(N2Cc3ccc(O)cc3OC2=O)cc1)C(C)(C)C.CC(c1ccc2nc(-c3cn(-c4ccc(O)c(F)c4)nn3)ccc2c1)C(C)(C)C.CC(c1nc(I)cc(-c2ccccc2)n1)C(C)(C)C. The number of halogens is 2. The molecule has 1 aliphatic heterocycles. The monoisotopic (exact) mass is 1080 g/mol. The highest BCUT2D eigenvalue weighted by atomic mass is 127. The van der Waals surface area contributed by atoms with Crippen molar-refractivity contribution in [2.45, 2.75) is 107 Å². The van der Waals surface area contributed by atoms with Crippen molar-refractivity contribution in [3.05, 3.63) is 166 Å². The normalized spacial score (nSPS) is 14.0. The first-order valence-electron chi connectivity index (χ1n) is 24.2. The number of aromatic hydroxyl groups is 2. The summed E-state index contributed by atoms with van der Waals surface area (Å²) in [6.07, 6.45) is 1.26. The second-order valence-electron chi connectivity index (χ2n) is 21.7. The lowest BCUT2D eigenvalue weighted by Gasteiger charge is -2.30. The Balaban J connectivity index is 0.000000162. The zero-order valence-corrected chi connectivity index (χ0v) is 45.4. The number of anilines is 1. The largest absolute Gasteiger partial charge is 0.508 e. The van der Waals surface area contributed by atoms with Crippen LogP contribution in [0.2, 0.25) is 0 Å². The second kappa shape index (κ2) is 21.5. The third-order valence-electron chi connectivity index (χ3n) is 13.7. The zero-order chi connectivity index (χ0) is 52.3. The number of ether oxygens (including phenoxy) is 1. The van der Waals surface area contributed by atoms with E-state index in [9.17, 15) is 19.4 Å². The maximum Gasteiger partial charge on any atom is 0.420 e. The molecule has 3 atom stereocenters. The molecule has 2 N–H and O–H groups in total. The van der Waals surface area contributed by atoms with Crippen LogP contribution >= 0.6 is 22.6 Å². The molecule has 0 bridgehead atoms. The number of phenols is 2. The number of nitrogens with zero attached hydrogens (tertiary/aromatic N) is 7. The van der Waals surface area contributed by atoms with E-state index in [2.05, 4.69) is 157 Å². The third-order valence-corrected chi connectivity index (χ3v) is 14.3. The minimum atomic E-state index is -0.705. The first kappa shape index (κ1) is 53.1. The van der Waals surface area contributed by atoms with Gasteiger partial charge in [-0.3, -0.25) is 4.90 Å². The molecule has 0 radical (unpaired) electrons. The highest BCUT2D eigenvalue weighted by molar-refractivity contribution is 14.1. The molecule has 9 rings (SSSR count). The van der Waals surface area contributed by atoms with Gasteiger partial charge in [0.25, 0.3) is 0 Å². The van der Waals surface area contributed by atoms with Gasteiger partial charge in [-0.25, -0.2) is 28.8 Å². The Morgan fingerprint density at radius 3 is 1.93 bits per heavy atom. The molecule has 1 aliphatic rings. The molecular formula is C59H65FIN7O4. The topological polar surface area (TPSA) is 139 Å². The fourth-order valence-corrected chi connectivity index (χ4v) is 8.31. The van der Waals surface area contributed by atoms with Crippen LogP contribution in [0.15, 0.2) is 134 Å². The fraction of sp³-hybridized carbons (Fsp3) is 0.322. The second-order valence-corrected chi connectivity index (χ2v) is 22.8. The molecule has 0 saturated heterocycles. The van der Waals surface area contributed by atoms with Gasteiger partial charge in [0.2, 0.25) is 0 Å². The number of phenolic OH excluding ortho intramolecular Hbond substituents is 2. The van der Waals surface area contributed by atoms with Crippen molar-refractivity contribution < 1.29 is 24.1 Å². The molecular weight excluding hydrogens is 1020 g/mol. The maximum absolute atomic E-state index is 13.6. The molecule has 13 heteroatoms. The van der Waals surface area contributed by atoms with Gasteiger partial charge in [-0.2, -0.15) is 0 Å². The number of pyridine rings is 1. The van der Waals surface area contributed by atoms with E-state index in [-0.39, 0.29) is 22.0 Å². The Labute approximate surface area is 436 Å². The first-order chi connectivity index (χ1) is 33.8. The predicted octanol–water partition coefficient (Wildman–Crippen LogP) is 15.4. The Bertz CT molecular complexity index is 3180. The highest BCUT2D eigenvalue weighted by Gasteiger charge is 2.28. The van der Waals surface area contributed by atoms with E-state index < -0.39 is 17.7 Å². The molecule has 1 amide bonds. The molecule has 5 aromatic carbocycles. The van der Waals surface area contributed by atoms with E-state index in [0.717, 1.165) is 42.9 Å². The van der Waals surface area contributed by atoms with Crippen molar-refractivity contribution in [2.24, 2.45) is 16.2 Å². The van der Waals surface area contributed by atoms with Crippen molar-refractivity contribution in [3.8, 4) is 45.6 Å². The van der Waals surface area contributed by atoms with Crippen LogP contribution < -0.4 is 9.64 Å². The minimum absolute atomic E-state index is 0.0931. The van der Waals surface area contributed by atoms with Crippen LogP contribution in [0.5, 0.6) is 17.2 Å². The van der Waals surface area contributed by atoms with Gasteiger partial charge in [0.05, 0.1) is 35.3 Å². The van der Waals surface area contributed by atoms with Gasteiger partial charge >= 0.3 is 6.09 Å². The molecule has 0 saturated carbocycles. The van der Waals surface area contributed by atoms with Crippen molar-refractivity contribution >= 4 is 45.3 Å². The molecule has 11 nitrogen and oxygen atoms in total. The third kappa shape index (κ3) is 12.8. The summed E-state index contributed by atoms with van der Waals surface area (Å²) in [6, 6.07) is 39.6. The standard InChI is InChI=1S/C23H23FN4O.C20H23NO3.C16H19IN2/c1-14(23(2,3)4)15-5-8-19-16(11-15)6-9-20(25-19)21-13-28(27-26-21)17-7-10-22(29)18(24)12-17;1-13(20(2,3)4)14-5-8-16(9-6-14)21-12-15-7-10-17(22)11-18(15)24-19(21)23;1-11(16(2,3)4)15-18-13(10-14(17)19-15)12-8-6-5-7-9-12/h5-14,29H,1-4H3;5-11,13,22H,12H2,1-4H3;5-11H,1-4H3. The van der Waals surface area contributed by atoms with Gasteiger partial charge in [0.1, 0.15) is 26.7 Å². The molecule has 0 spiro atoms. The number of benzene rings is 5. The minimum Gasteiger partial charge on any atom is -0.508 e. The molecule has 3 aromatic heterocycles. The summed E-state index contributed by atoms with van der Waals surface area (Å²) in [5.41, 5.74) is 9.56. The fourth-order valence-electron chi connectivity index (χ4n) is 7.77. The number of hydrogen-bond acceptors (Lipinski definition) is 9. The quantitative estimate of drug-likeness (QED) is 0.118. The molecule has 0 aliphatic carbocycles. The van der Waals surface area contributed by atoms with Gasteiger partial charge in [0, 0.05) is 40.3 Å². The van der Waals surface area contributed by atoms with Crippen molar-refractivity contribution in [2.75, 3.05) is 4.90 Å². The highest BCUT2D eigenvalue weighted by Crippen LogP contribution is 2.39. The predicted molar refractivity (Wildman–Crippen MR) is 294 cm³/mol. The van der Waals surface area contributed by atoms with E-state index in [0.29, 0.717) is 47.1 Å². The summed E-state index contributed by atoms with van der Waals surface area (Å²) in [5.74, 6) is 1.52. The van der Waals surface area contributed by atoms with Gasteiger partial charge in [-0.05, 0) is 122 Å². The summed E-state index contributed by atoms with van der Waals surface area (Å²) in [5, 5.41) is 28.1. The molecule has 8 aromatic rings. The maximum atomic E-state index is 13.6. The van der Waals surface area contributed by atoms with Crippen LogP contribution in [-0.4, -0.2) is 46.3 Å². The summed E-state index contributed by atoms with van der Waals surface area (Å²) < 4.78 is 21.4. The zero-order valence-electron chi connectivity index (χ0n) is 43.2. The van der Waals surface area contributed by atoms with Crippen LogP contribution in [-0.2, 0) is 6.54 Å². The van der Waals surface area contributed by atoms with Gasteiger partial charge in [-0.1, -0.05) is 143 Å². The Kier molecular flexibility index (Phi) is 15.9. The van der Waals surface area contributed by atoms with E-state index in [4.69, 9.17) is 14.7 Å². The van der Waals surface area contributed by atoms with Crippen LogP contribution in [0, 0.1) is 25.8 Å². The molecule has 3 unspecified atom stereocenters. The van der Waals surface area contributed by atoms with Crippen molar-refractivity contribution in [3.63, 3.8) is 0 Å². The summed E-state index contributed by atoms with van der Waals surface area (Å²) in [6.45, 7) is 27.2. The van der Waals surface area contributed by atoms with Crippen molar-refractivity contribution in [1.29, 1.82) is 0 Å². The van der Waals surface area contributed by atoms with Gasteiger partial charge in [0.15, 0.2) is 11.6 Å². The molecule has 72 heavy (non-hydrogen) atoms. The number of fused-ring (bicyclic) bond motifs is 2. The lowest BCUT2D eigenvalue weighted by Crippen LogP contribution is -2.36. The number of hydrogen-bond donors (Lipinski definition) is 2. The number of aromatic nitrogens is 6. The average molecular weight is 1080 g/mol. The van der Waals surface area contributed by atoms with Crippen LogP contribution in [0.1, 0.15) is 123 Å². The van der Waals surface area contributed by atoms with E-state index in [1.54, 1.807) is 29.3 Å². The number of amides is 1. The Hall–Kier alpha value is -6.74. The van der Waals surface area contributed by atoms with Crippen LogP contribution in [0.25, 0.3) is 39.2 Å². The van der Waals surface area contributed by atoms with E-state index >= 15 is 0 Å². The Morgan fingerprint density at radius 1 is 0.639 bits per heavy atom. The summed E-state index contributed by atoms with van der Waals surface area (Å²) in [7, 11) is 0. The molecule has 0 fully saturated rings. The average Bonchev–Trinajstić information content (AvgIpc) is 3.84. The lowest BCUT2D eigenvalue weighted by atomic mass is 9.77. The van der Waals surface area contributed by atoms with E-state index in [1.807, 2.05) is 54.6 Å². The number of carbonyl (C=O) groups is 1. The van der Waals surface area contributed by atoms with Crippen molar-refractivity contribution in [1.82, 2.24) is 29.9 Å². The van der Waals surface area contributed by atoms with Gasteiger partial charge < -0.3 is 14.9 Å². The lowest BCUT2D eigenvalue weighted by molar-refractivity contribution is 0.202. The van der Waals surface area contributed by atoms with E-state index in [1.165, 1.54) is 34.0 Å². The summed E-state index contributed by atoms with van der Waals surface area (Å²) in [4.78, 5) is 27.9. The molecule has 4 heterocycles. The number of carbonyl (C=O) groups excluding carboxylic acids is 1.